The number of ether oxygens (including phenoxy) is 1. The van der Waals surface area contributed by atoms with Gasteiger partial charge in [-0.05, 0) is 29.8 Å². The molecule has 0 saturated carbocycles. The largest absolute Gasteiger partial charge is 0.452 e. The number of amides is 2. The lowest BCUT2D eigenvalue weighted by Crippen LogP contribution is -2.28. The number of hydrazone groups is 1. The van der Waals surface area contributed by atoms with Crippen molar-refractivity contribution >= 4 is 29.2 Å². The summed E-state index contributed by atoms with van der Waals surface area (Å²) >= 11 is 0. The van der Waals surface area contributed by atoms with Gasteiger partial charge < -0.3 is 10.1 Å². The quantitative estimate of drug-likeness (QED) is 0.825. The van der Waals surface area contributed by atoms with Gasteiger partial charge in [0.25, 0.3) is 5.91 Å². The molecule has 1 N–H and O–H groups in total. The van der Waals surface area contributed by atoms with Gasteiger partial charge in [0.1, 0.15) is 0 Å². The summed E-state index contributed by atoms with van der Waals surface area (Å²) in [7, 11) is 0. The van der Waals surface area contributed by atoms with Crippen molar-refractivity contribution in [2.45, 2.75) is 13.3 Å². The molecule has 0 aliphatic carbocycles. The van der Waals surface area contributed by atoms with Crippen molar-refractivity contribution in [2.24, 2.45) is 5.10 Å². The summed E-state index contributed by atoms with van der Waals surface area (Å²) in [6, 6.07) is 15.9. The van der Waals surface area contributed by atoms with E-state index in [9.17, 15) is 14.4 Å². The van der Waals surface area contributed by atoms with Gasteiger partial charge in [-0.1, -0.05) is 30.3 Å². The minimum Gasteiger partial charge on any atom is -0.452 e. The van der Waals surface area contributed by atoms with Crippen molar-refractivity contribution in [3.05, 3.63) is 65.7 Å². The van der Waals surface area contributed by atoms with E-state index in [1.807, 2.05) is 30.3 Å². The number of rotatable bonds is 5. The first-order valence-corrected chi connectivity index (χ1v) is 8.51. The first-order chi connectivity index (χ1) is 13.0. The third-order valence-corrected chi connectivity index (χ3v) is 3.96. The van der Waals surface area contributed by atoms with E-state index in [1.54, 1.807) is 12.1 Å². The Labute approximate surface area is 156 Å². The van der Waals surface area contributed by atoms with Crippen LogP contribution in [0.15, 0.2) is 59.7 Å². The molecule has 7 nitrogen and oxygen atoms in total. The Kier molecular flexibility index (Phi) is 5.61. The number of esters is 1. The summed E-state index contributed by atoms with van der Waals surface area (Å²) in [5.41, 5.74) is 2.69. The van der Waals surface area contributed by atoms with Crippen LogP contribution in [0.5, 0.6) is 0 Å². The molecule has 3 rings (SSSR count). The Morgan fingerprint density at radius 2 is 1.78 bits per heavy atom. The van der Waals surface area contributed by atoms with Crippen LogP contribution in [0.2, 0.25) is 0 Å². The monoisotopic (exact) mass is 365 g/mol. The second kappa shape index (κ2) is 8.27. The molecule has 1 heterocycles. The lowest BCUT2D eigenvalue weighted by atomic mass is 10.1. The van der Waals surface area contributed by atoms with Crippen molar-refractivity contribution in [3.63, 3.8) is 0 Å². The maximum absolute atomic E-state index is 12.2. The second-order valence-corrected chi connectivity index (χ2v) is 6.01. The van der Waals surface area contributed by atoms with E-state index in [1.165, 1.54) is 24.1 Å². The van der Waals surface area contributed by atoms with Gasteiger partial charge in [0, 0.05) is 19.0 Å². The molecule has 0 radical (unpaired) electrons. The highest BCUT2D eigenvalue weighted by atomic mass is 16.5. The zero-order valence-electron chi connectivity index (χ0n) is 14.8. The molecule has 0 atom stereocenters. The van der Waals surface area contributed by atoms with E-state index >= 15 is 0 Å². The van der Waals surface area contributed by atoms with Gasteiger partial charge in [0.2, 0.25) is 5.91 Å². The highest BCUT2D eigenvalue weighted by molar-refractivity contribution is 6.02. The van der Waals surface area contributed by atoms with Crippen LogP contribution in [-0.2, 0) is 14.3 Å². The summed E-state index contributed by atoms with van der Waals surface area (Å²) < 4.78 is 5.08. The summed E-state index contributed by atoms with van der Waals surface area (Å²) in [6.45, 7) is 1.49. The van der Waals surface area contributed by atoms with Crippen LogP contribution in [0.25, 0.3) is 0 Å². The molecule has 138 valence electrons. The third-order valence-electron chi connectivity index (χ3n) is 3.96. The van der Waals surface area contributed by atoms with Gasteiger partial charge in [0.05, 0.1) is 17.8 Å². The molecule has 1 aliphatic rings. The molecule has 0 unspecified atom stereocenters. The predicted molar refractivity (Wildman–Crippen MR) is 100 cm³/mol. The summed E-state index contributed by atoms with van der Waals surface area (Å²) in [4.78, 5) is 35.3. The fraction of sp³-hybridized carbons (Fsp3) is 0.200. The number of hydrogen-bond donors (Lipinski definition) is 1. The molecule has 2 amide bonds. The third kappa shape index (κ3) is 4.78. The number of nitrogens with zero attached hydrogens (tertiary/aromatic N) is 2. The summed E-state index contributed by atoms with van der Waals surface area (Å²) in [5.74, 6) is -1.18. The molecule has 0 fully saturated rings. The number of nitrogens with one attached hydrogen (secondary N) is 1. The zero-order valence-corrected chi connectivity index (χ0v) is 14.8. The highest BCUT2D eigenvalue weighted by Crippen LogP contribution is 2.14. The highest BCUT2D eigenvalue weighted by Gasteiger charge is 2.22. The van der Waals surface area contributed by atoms with Gasteiger partial charge in [-0.15, -0.1) is 0 Å². The molecule has 2 aromatic carbocycles. The Morgan fingerprint density at radius 1 is 1.07 bits per heavy atom. The van der Waals surface area contributed by atoms with Crippen molar-refractivity contribution in [1.82, 2.24) is 5.01 Å². The first-order valence-electron chi connectivity index (χ1n) is 8.51. The lowest BCUT2D eigenvalue weighted by molar-refractivity contribution is -0.134. The number of carbonyl (C=O) groups is 3. The summed E-state index contributed by atoms with van der Waals surface area (Å²) in [5, 5.41) is 8.26. The Balaban J connectivity index is 1.54. The van der Waals surface area contributed by atoms with Crippen LogP contribution in [-0.4, -0.2) is 41.7 Å². The number of hydrogen-bond acceptors (Lipinski definition) is 5. The minimum atomic E-state index is -0.607. The first kappa shape index (κ1) is 18.3. The maximum Gasteiger partial charge on any atom is 0.338 e. The van der Waals surface area contributed by atoms with Crippen LogP contribution in [0.1, 0.15) is 29.3 Å². The van der Waals surface area contributed by atoms with Crippen LogP contribution >= 0.6 is 0 Å². The lowest BCUT2D eigenvalue weighted by Gasteiger charge is -2.11. The number of benzene rings is 2. The van der Waals surface area contributed by atoms with Crippen LogP contribution in [0.3, 0.4) is 0 Å². The van der Waals surface area contributed by atoms with Crippen LogP contribution in [0.4, 0.5) is 5.69 Å². The van der Waals surface area contributed by atoms with Crippen LogP contribution < -0.4 is 5.32 Å². The molecule has 2 aromatic rings. The van der Waals surface area contributed by atoms with Gasteiger partial charge in [-0.3, -0.25) is 9.59 Å². The summed E-state index contributed by atoms with van der Waals surface area (Å²) in [6.07, 6.45) is 0.661. The molecule has 1 aliphatic heterocycles. The molecular weight excluding hydrogens is 346 g/mol. The minimum absolute atomic E-state index is 0.197. The normalized spacial score (nSPS) is 13.1. The molecular formula is C20H19N3O4. The maximum atomic E-state index is 12.2. The number of anilines is 1. The van der Waals surface area contributed by atoms with E-state index < -0.39 is 5.97 Å². The molecule has 7 heteroatoms. The average Bonchev–Trinajstić information content (AvgIpc) is 3.17. The zero-order chi connectivity index (χ0) is 19.2. The van der Waals surface area contributed by atoms with E-state index in [2.05, 4.69) is 10.4 Å². The van der Waals surface area contributed by atoms with E-state index in [0.717, 1.165) is 11.3 Å². The van der Waals surface area contributed by atoms with E-state index in [0.29, 0.717) is 24.2 Å². The Bertz CT molecular complexity index is 876. The van der Waals surface area contributed by atoms with E-state index in [4.69, 9.17) is 4.74 Å². The van der Waals surface area contributed by atoms with Gasteiger partial charge in [-0.2, -0.15) is 5.10 Å². The fourth-order valence-electron chi connectivity index (χ4n) is 2.65. The van der Waals surface area contributed by atoms with Gasteiger partial charge >= 0.3 is 5.97 Å². The standard InChI is InChI=1S/C20H19N3O4/c1-14(24)21-17-9-7-16(8-10-17)20(26)27-13-19(25)23-12-11-18(22-23)15-5-3-2-4-6-15/h2-10H,11-13H2,1H3,(H,21,24). The topological polar surface area (TPSA) is 88.1 Å². The van der Waals surface area contributed by atoms with Crippen molar-refractivity contribution in [3.8, 4) is 0 Å². The van der Waals surface area contributed by atoms with Gasteiger partial charge in [-0.25, -0.2) is 9.80 Å². The van der Waals surface area contributed by atoms with Crippen molar-refractivity contribution in [1.29, 1.82) is 0 Å². The van der Waals surface area contributed by atoms with E-state index in [-0.39, 0.29) is 18.4 Å². The second-order valence-electron chi connectivity index (χ2n) is 6.01. The molecule has 0 bridgehead atoms. The smallest absolute Gasteiger partial charge is 0.338 e. The van der Waals surface area contributed by atoms with Crippen LogP contribution in [0, 0.1) is 0 Å². The SMILES string of the molecule is CC(=O)Nc1ccc(C(=O)OCC(=O)N2CCC(c3ccccc3)=N2)cc1. The van der Waals surface area contributed by atoms with Crippen molar-refractivity contribution < 1.29 is 19.1 Å². The molecule has 0 saturated heterocycles. The Hall–Kier alpha value is -3.48. The average molecular weight is 365 g/mol. The fourth-order valence-corrected chi connectivity index (χ4v) is 2.65. The van der Waals surface area contributed by atoms with Crippen molar-refractivity contribution in [2.75, 3.05) is 18.5 Å². The molecule has 27 heavy (non-hydrogen) atoms. The predicted octanol–water partition coefficient (Wildman–Crippen LogP) is 2.44. The van der Waals surface area contributed by atoms with Gasteiger partial charge in [0.15, 0.2) is 6.61 Å². The molecule has 0 aromatic heterocycles. The Morgan fingerprint density at radius 3 is 2.44 bits per heavy atom. The molecule has 0 spiro atoms. The number of carbonyl (C=O) groups excluding carboxylic acids is 3.